The third-order valence-corrected chi connectivity index (χ3v) is 5.80. The number of carbonyl (C=O) groups is 2. The van der Waals surface area contributed by atoms with E-state index in [9.17, 15) is 9.59 Å². The lowest BCUT2D eigenvalue weighted by Gasteiger charge is -2.38. The van der Waals surface area contributed by atoms with Crippen LogP contribution in [-0.2, 0) is 11.3 Å². The van der Waals surface area contributed by atoms with E-state index in [4.69, 9.17) is 16.3 Å². The van der Waals surface area contributed by atoms with Crippen LogP contribution < -0.4 is 10.1 Å². The maximum atomic E-state index is 13.3. The van der Waals surface area contributed by atoms with E-state index in [1.54, 1.807) is 26.2 Å². The molecule has 0 saturated carbocycles. The van der Waals surface area contributed by atoms with Crippen LogP contribution in [0, 0.1) is 6.92 Å². The van der Waals surface area contributed by atoms with E-state index in [0.717, 1.165) is 29.7 Å². The fourth-order valence-corrected chi connectivity index (χ4v) is 3.87. The quantitative estimate of drug-likeness (QED) is 0.749. The predicted molar refractivity (Wildman–Crippen MR) is 119 cm³/mol. The molecule has 0 bridgehead atoms. The van der Waals surface area contributed by atoms with Gasteiger partial charge in [0.15, 0.2) is 0 Å². The first-order valence-electron chi connectivity index (χ1n) is 10.1. The van der Waals surface area contributed by atoms with E-state index in [1.165, 1.54) is 0 Å². The zero-order valence-corrected chi connectivity index (χ0v) is 18.4. The topological polar surface area (TPSA) is 61.9 Å². The fraction of sp³-hybridized carbons (Fsp3) is 0.391. The van der Waals surface area contributed by atoms with Crippen LogP contribution in [0.25, 0.3) is 0 Å². The van der Waals surface area contributed by atoms with E-state index in [1.807, 2.05) is 47.1 Å². The van der Waals surface area contributed by atoms with Gasteiger partial charge in [-0.2, -0.15) is 0 Å². The third kappa shape index (κ3) is 5.45. The molecule has 3 rings (SSSR count). The van der Waals surface area contributed by atoms with Crippen molar-refractivity contribution in [2.75, 3.05) is 25.5 Å². The number of halogens is 1. The molecule has 0 aromatic heterocycles. The Morgan fingerprint density at radius 3 is 2.43 bits per heavy atom. The number of rotatable bonds is 5. The van der Waals surface area contributed by atoms with Gasteiger partial charge >= 0.3 is 6.03 Å². The molecule has 1 aliphatic rings. The van der Waals surface area contributed by atoms with Gasteiger partial charge in [-0.1, -0.05) is 29.8 Å². The average molecular weight is 430 g/mol. The molecule has 0 atom stereocenters. The summed E-state index contributed by atoms with van der Waals surface area (Å²) in [7, 11) is 1.63. The summed E-state index contributed by atoms with van der Waals surface area (Å²) >= 11 is 6.12. The Kier molecular flexibility index (Phi) is 7.21. The first-order chi connectivity index (χ1) is 14.4. The highest BCUT2D eigenvalue weighted by Gasteiger charge is 2.29. The first-order valence-corrected chi connectivity index (χ1v) is 10.5. The Balaban J connectivity index is 1.79. The van der Waals surface area contributed by atoms with E-state index < -0.39 is 0 Å². The monoisotopic (exact) mass is 429 g/mol. The normalized spacial score (nSPS) is 14.3. The van der Waals surface area contributed by atoms with Crippen molar-refractivity contribution in [1.29, 1.82) is 0 Å². The number of nitrogens with zero attached hydrogens (tertiary/aromatic N) is 2. The molecular formula is C23H28ClN3O3. The summed E-state index contributed by atoms with van der Waals surface area (Å²) in [6.45, 7) is 5.31. The van der Waals surface area contributed by atoms with Crippen LogP contribution in [0.5, 0.6) is 5.75 Å². The molecule has 0 aliphatic carbocycles. The number of piperidine rings is 1. The molecule has 1 saturated heterocycles. The predicted octanol–water partition coefficient (Wildman–Crippen LogP) is 4.70. The van der Waals surface area contributed by atoms with Crippen molar-refractivity contribution in [2.45, 2.75) is 39.3 Å². The number of amides is 3. The van der Waals surface area contributed by atoms with Gasteiger partial charge in [-0.15, -0.1) is 0 Å². The molecule has 1 heterocycles. The van der Waals surface area contributed by atoms with Crippen molar-refractivity contribution in [2.24, 2.45) is 0 Å². The lowest BCUT2D eigenvalue weighted by molar-refractivity contribution is -0.130. The Labute approximate surface area is 182 Å². The number of likely N-dealkylation sites (tertiary alicyclic amines) is 1. The van der Waals surface area contributed by atoms with Crippen LogP contribution in [0.2, 0.25) is 5.02 Å². The molecule has 1 aliphatic heterocycles. The molecule has 30 heavy (non-hydrogen) atoms. The fourth-order valence-electron chi connectivity index (χ4n) is 3.70. The van der Waals surface area contributed by atoms with Crippen molar-refractivity contribution >= 4 is 29.2 Å². The molecule has 0 unspecified atom stereocenters. The second-order valence-electron chi connectivity index (χ2n) is 7.60. The molecule has 7 heteroatoms. The van der Waals surface area contributed by atoms with Gasteiger partial charge in [0, 0.05) is 43.3 Å². The molecule has 0 radical (unpaired) electrons. The number of ether oxygens (including phenoxy) is 1. The maximum absolute atomic E-state index is 13.3. The second-order valence-corrected chi connectivity index (χ2v) is 8.04. The Hall–Kier alpha value is -2.73. The summed E-state index contributed by atoms with van der Waals surface area (Å²) in [6, 6.07) is 13.0. The van der Waals surface area contributed by atoms with Crippen molar-refractivity contribution < 1.29 is 14.3 Å². The number of urea groups is 1. The summed E-state index contributed by atoms with van der Waals surface area (Å²) in [4.78, 5) is 28.7. The van der Waals surface area contributed by atoms with Gasteiger partial charge in [0.05, 0.1) is 7.11 Å². The molecule has 6 nitrogen and oxygen atoms in total. The van der Waals surface area contributed by atoms with E-state index in [2.05, 4.69) is 5.32 Å². The number of nitrogens with one attached hydrogen (secondary N) is 1. The van der Waals surface area contributed by atoms with Gasteiger partial charge in [0.2, 0.25) is 5.91 Å². The maximum Gasteiger partial charge on any atom is 0.322 e. The number of hydrogen-bond donors (Lipinski definition) is 1. The van der Waals surface area contributed by atoms with Crippen molar-refractivity contribution in [3.05, 3.63) is 58.6 Å². The molecule has 2 aromatic rings. The lowest BCUT2D eigenvalue weighted by atomic mass is 10.0. The lowest BCUT2D eigenvalue weighted by Crippen LogP contribution is -2.49. The number of benzene rings is 2. The zero-order valence-electron chi connectivity index (χ0n) is 17.7. The van der Waals surface area contributed by atoms with Crippen LogP contribution in [0.15, 0.2) is 42.5 Å². The van der Waals surface area contributed by atoms with Crippen LogP contribution >= 0.6 is 11.6 Å². The Morgan fingerprint density at radius 2 is 1.83 bits per heavy atom. The van der Waals surface area contributed by atoms with Gasteiger partial charge < -0.3 is 19.9 Å². The van der Waals surface area contributed by atoms with Crippen molar-refractivity contribution in [3.63, 3.8) is 0 Å². The Morgan fingerprint density at radius 1 is 1.17 bits per heavy atom. The van der Waals surface area contributed by atoms with Crippen molar-refractivity contribution in [3.8, 4) is 5.75 Å². The van der Waals surface area contributed by atoms with E-state index in [-0.39, 0.29) is 18.0 Å². The van der Waals surface area contributed by atoms with Gasteiger partial charge in [-0.05, 0) is 55.2 Å². The van der Waals surface area contributed by atoms with Gasteiger partial charge in [0.25, 0.3) is 0 Å². The summed E-state index contributed by atoms with van der Waals surface area (Å²) < 4.78 is 5.23. The van der Waals surface area contributed by atoms with Gasteiger partial charge in [-0.3, -0.25) is 4.79 Å². The summed E-state index contributed by atoms with van der Waals surface area (Å²) in [5.74, 6) is 0.855. The minimum atomic E-state index is -0.169. The number of hydrogen-bond acceptors (Lipinski definition) is 3. The average Bonchev–Trinajstić information content (AvgIpc) is 2.75. The Bertz CT molecular complexity index is 893. The molecule has 2 aromatic carbocycles. The second kappa shape index (κ2) is 9.85. The number of aryl methyl sites for hydroxylation is 1. The molecule has 3 amide bonds. The number of carbonyl (C=O) groups excluding carboxylic acids is 2. The highest BCUT2D eigenvalue weighted by molar-refractivity contribution is 6.31. The van der Waals surface area contributed by atoms with Gasteiger partial charge in [0.1, 0.15) is 5.75 Å². The number of methoxy groups -OCH3 is 1. The van der Waals surface area contributed by atoms with E-state index >= 15 is 0 Å². The highest BCUT2D eigenvalue weighted by Crippen LogP contribution is 2.24. The molecule has 0 spiro atoms. The van der Waals surface area contributed by atoms with Crippen LogP contribution in [0.1, 0.15) is 30.9 Å². The molecular weight excluding hydrogens is 402 g/mol. The molecule has 1 fully saturated rings. The minimum Gasteiger partial charge on any atom is -0.497 e. The van der Waals surface area contributed by atoms with Crippen LogP contribution in [-0.4, -0.2) is 48.0 Å². The first kappa shape index (κ1) is 22.0. The SMILES string of the molecule is COc1ccc(CN(C(=O)Nc2cc(Cl)ccc2C)C2CCN(C(C)=O)CC2)cc1. The van der Waals surface area contributed by atoms with Crippen LogP contribution in [0.4, 0.5) is 10.5 Å². The molecule has 1 N–H and O–H groups in total. The molecule has 160 valence electrons. The smallest absolute Gasteiger partial charge is 0.322 e. The van der Waals surface area contributed by atoms with Crippen molar-refractivity contribution in [1.82, 2.24) is 9.80 Å². The minimum absolute atomic E-state index is 0.0437. The summed E-state index contributed by atoms with van der Waals surface area (Å²) in [5.41, 5.74) is 2.67. The summed E-state index contributed by atoms with van der Waals surface area (Å²) in [6.07, 6.45) is 1.50. The largest absolute Gasteiger partial charge is 0.497 e. The zero-order chi connectivity index (χ0) is 21.7. The van der Waals surface area contributed by atoms with E-state index in [0.29, 0.717) is 30.3 Å². The third-order valence-electron chi connectivity index (χ3n) is 5.56. The van der Waals surface area contributed by atoms with Crippen LogP contribution in [0.3, 0.4) is 0 Å². The standard InChI is InChI=1S/C23H28ClN3O3/c1-16-4-7-19(24)14-22(16)25-23(29)27(15-18-5-8-21(30-3)9-6-18)20-10-12-26(13-11-20)17(2)28/h4-9,14,20H,10-13,15H2,1-3H3,(H,25,29). The number of anilines is 1. The van der Waals surface area contributed by atoms with Gasteiger partial charge in [-0.25, -0.2) is 4.79 Å². The highest BCUT2D eigenvalue weighted by atomic mass is 35.5. The summed E-state index contributed by atoms with van der Waals surface area (Å²) in [5, 5.41) is 3.60.